The highest BCUT2D eigenvalue weighted by Crippen LogP contribution is 2.28. The van der Waals surface area contributed by atoms with Crippen LogP contribution >= 0.6 is 46.1 Å². The van der Waals surface area contributed by atoms with E-state index in [-0.39, 0.29) is 17.5 Å². The van der Waals surface area contributed by atoms with Crippen molar-refractivity contribution >= 4 is 75.1 Å². The number of alkyl halides is 3. The maximum atomic E-state index is 11.9. The van der Waals surface area contributed by atoms with E-state index in [1.807, 2.05) is 0 Å². The molecule has 0 saturated carbocycles. The number of amides is 2. The summed E-state index contributed by atoms with van der Waals surface area (Å²) in [6.07, 6.45) is -1.06. The minimum absolute atomic E-state index is 0.00490. The molecule has 0 aliphatic rings. The Morgan fingerprint density at radius 1 is 1.45 bits per heavy atom. The number of carboxylic acid groups (broad SMARTS) is 1. The van der Waals surface area contributed by atoms with Crippen molar-refractivity contribution in [2.45, 2.75) is 10.7 Å². The van der Waals surface area contributed by atoms with E-state index in [0.717, 1.165) is 18.3 Å². The predicted octanol–water partition coefficient (Wildman–Crippen LogP) is 2.50. The highest BCUT2D eigenvalue weighted by molar-refractivity contribution is 7.14. The Morgan fingerprint density at radius 2 is 2.09 bits per heavy atom. The van der Waals surface area contributed by atoms with Gasteiger partial charge < -0.3 is 15.2 Å². The maximum absolute atomic E-state index is 11.9. The average molecular weight is 391 g/mol. The van der Waals surface area contributed by atoms with E-state index in [9.17, 15) is 14.4 Å². The van der Waals surface area contributed by atoms with Gasteiger partial charge in [-0.25, -0.2) is 9.78 Å². The molecule has 8 nitrogen and oxygen atoms in total. The van der Waals surface area contributed by atoms with Crippen LogP contribution in [-0.2, 0) is 14.3 Å². The third-order valence-electron chi connectivity index (χ3n) is 1.96. The van der Waals surface area contributed by atoms with Crippen molar-refractivity contribution in [3.05, 3.63) is 5.38 Å². The number of rotatable bonds is 5. The fourth-order valence-corrected chi connectivity index (χ4v) is 2.14. The second kappa shape index (κ2) is 7.82. The molecular formula is C10H10Cl3N3O5S. The number of anilines is 2. The topological polar surface area (TPSA) is 109 Å². The van der Waals surface area contributed by atoms with E-state index < -0.39 is 28.4 Å². The lowest BCUT2D eigenvalue weighted by Gasteiger charge is -2.17. The highest BCUT2D eigenvalue weighted by Gasteiger charge is 2.29. The molecule has 0 aromatic carbocycles. The first kappa shape index (κ1) is 18.8. The third kappa shape index (κ3) is 6.22. The third-order valence-corrected chi connectivity index (χ3v) is 3.11. The van der Waals surface area contributed by atoms with Crippen molar-refractivity contribution < 1.29 is 24.2 Å². The van der Waals surface area contributed by atoms with Gasteiger partial charge in [-0.1, -0.05) is 34.8 Å². The fraction of sp³-hybridized carbons (Fsp3) is 0.400. The van der Waals surface area contributed by atoms with Gasteiger partial charge in [-0.2, -0.15) is 4.90 Å². The van der Waals surface area contributed by atoms with Gasteiger partial charge in [0.2, 0.25) is 14.8 Å². The van der Waals surface area contributed by atoms with Gasteiger partial charge in [0.25, 0.3) is 0 Å². The van der Waals surface area contributed by atoms with Crippen LogP contribution in [0.15, 0.2) is 5.38 Å². The number of imide groups is 1. The number of halogens is 3. The number of ether oxygens (including phenoxy) is 1. The summed E-state index contributed by atoms with van der Waals surface area (Å²) in [5, 5.41) is 12.5. The summed E-state index contributed by atoms with van der Waals surface area (Å²) in [5.74, 6) is -1.55. The summed E-state index contributed by atoms with van der Waals surface area (Å²) >= 11 is 17.3. The zero-order chi connectivity index (χ0) is 16.9. The van der Waals surface area contributed by atoms with Gasteiger partial charge in [-0.15, -0.1) is 11.3 Å². The standard InChI is InChI=1S/C10H10Cl3N3O5S/c1-5(17)16(9(20)21-4-10(11,12)13)8-15-6(3-22-8)14-2-7(18)19/h3,14H,2,4H2,1H3,(H,18,19). The Morgan fingerprint density at radius 3 is 2.59 bits per heavy atom. The maximum Gasteiger partial charge on any atom is 0.423 e. The van der Waals surface area contributed by atoms with Gasteiger partial charge >= 0.3 is 12.1 Å². The zero-order valence-corrected chi connectivity index (χ0v) is 14.1. The number of aliphatic carboxylic acids is 1. The Balaban J connectivity index is 2.81. The average Bonchev–Trinajstić information content (AvgIpc) is 2.81. The first-order valence-corrected chi connectivity index (χ1v) is 7.57. The van der Waals surface area contributed by atoms with Gasteiger partial charge in [0, 0.05) is 12.3 Å². The molecule has 0 aliphatic carbocycles. The van der Waals surface area contributed by atoms with Crippen LogP contribution in [0, 0.1) is 0 Å². The summed E-state index contributed by atoms with van der Waals surface area (Å²) in [7, 11) is 0. The quantitative estimate of drug-likeness (QED) is 0.743. The molecule has 1 aromatic rings. The van der Waals surface area contributed by atoms with E-state index in [1.165, 1.54) is 5.38 Å². The van der Waals surface area contributed by atoms with Crippen LogP contribution in [0.5, 0.6) is 0 Å². The molecule has 2 amide bonds. The highest BCUT2D eigenvalue weighted by atomic mass is 35.6. The summed E-state index contributed by atoms with van der Waals surface area (Å²) in [6, 6.07) is 0. The summed E-state index contributed by atoms with van der Waals surface area (Å²) in [6.45, 7) is 0.221. The van der Waals surface area contributed by atoms with Gasteiger partial charge in [0.15, 0.2) is 0 Å². The number of hydrogen-bond acceptors (Lipinski definition) is 7. The second-order valence-electron chi connectivity index (χ2n) is 3.79. The molecule has 0 bridgehead atoms. The van der Waals surface area contributed by atoms with Crippen LogP contribution in [0.1, 0.15) is 6.92 Å². The molecule has 0 spiro atoms. The zero-order valence-electron chi connectivity index (χ0n) is 11.0. The van der Waals surface area contributed by atoms with E-state index in [0.29, 0.717) is 4.90 Å². The number of thiazole rings is 1. The van der Waals surface area contributed by atoms with Crippen LogP contribution in [0.4, 0.5) is 15.7 Å². The van der Waals surface area contributed by atoms with Crippen LogP contribution in [0.25, 0.3) is 0 Å². The van der Waals surface area contributed by atoms with E-state index in [4.69, 9.17) is 44.6 Å². The van der Waals surface area contributed by atoms with Gasteiger partial charge in [0.05, 0.1) is 0 Å². The number of aromatic nitrogens is 1. The molecule has 12 heteroatoms. The SMILES string of the molecule is CC(=O)N(C(=O)OCC(Cl)(Cl)Cl)c1nc(NCC(=O)O)cs1. The van der Waals surface area contributed by atoms with Gasteiger partial charge in [0.1, 0.15) is 19.0 Å². The molecule has 0 aliphatic heterocycles. The van der Waals surface area contributed by atoms with E-state index in [1.54, 1.807) is 0 Å². The molecule has 2 N–H and O–H groups in total. The molecule has 1 heterocycles. The Labute approximate surface area is 143 Å². The van der Waals surface area contributed by atoms with Crippen molar-refractivity contribution in [2.75, 3.05) is 23.4 Å². The Kier molecular flexibility index (Phi) is 6.66. The first-order valence-electron chi connectivity index (χ1n) is 5.55. The van der Waals surface area contributed by atoms with Gasteiger partial charge in [-0.3, -0.25) is 9.59 Å². The number of carbonyl (C=O) groups is 3. The Hall–Kier alpha value is -1.29. The normalized spacial score (nSPS) is 10.9. The van der Waals surface area contributed by atoms with Crippen molar-refractivity contribution in [1.29, 1.82) is 0 Å². The van der Waals surface area contributed by atoms with E-state index in [2.05, 4.69) is 10.3 Å². The molecule has 0 unspecified atom stereocenters. The molecule has 0 radical (unpaired) electrons. The van der Waals surface area contributed by atoms with Crippen molar-refractivity contribution in [2.24, 2.45) is 0 Å². The van der Waals surface area contributed by atoms with Crippen LogP contribution in [-0.4, -0.2) is 45.0 Å². The number of nitrogens with zero attached hydrogens (tertiary/aromatic N) is 2. The number of hydrogen-bond donors (Lipinski definition) is 2. The van der Waals surface area contributed by atoms with Crippen molar-refractivity contribution in [3.8, 4) is 0 Å². The van der Waals surface area contributed by atoms with Crippen molar-refractivity contribution in [1.82, 2.24) is 4.98 Å². The summed E-state index contributed by atoms with van der Waals surface area (Å²) in [4.78, 5) is 38.4. The van der Waals surface area contributed by atoms with Gasteiger partial charge in [-0.05, 0) is 0 Å². The van der Waals surface area contributed by atoms with E-state index >= 15 is 0 Å². The molecule has 1 aromatic heterocycles. The lowest BCUT2D eigenvalue weighted by atomic mass is 10.6. The summed E-state index contributed by atoms with van der Waals surface area (Å²) < 4.78 is 2.90. The van der Waals surface area contributed by atoms with Crippen molar-refractivity contribution in [3.63, 3.8) is 0 Å². The van der Waals surface area contributed by atoms with Crippen LogP contribution in [0.3, 0.4) is 0 Å². The lowest BCUT2D eigenvalue weighted by Crippen LogP contribution is -2.37. The monoisotopic (exact) mass is 389 g/mol. The predicted molar refractivity (Wildman–Crippen MR) is 83.0 cm³/mol. The fourth-order valence-electron chi connectivity index (χ4n) is 1.16. The molecule has 22 heavy (non-hydrogen) atoms. The first-order chi connectivity index (χ1) is 10.1. The second-order valence-corrected chi connectivity index (χ2v) is 7.14. The minimum Gasteiger partial charge on any atom is -0.480 e. The Bertz CT molecular complexity index is 574. The largest absolute Gasteiger partial charge is 0.480 e. The smallest absolute Gasteiger partial charge is 0.423 e. The number of carbonyl (C=O) groups excluding carboxylic acids is 2. The molecule has 122 valence electrons. The van der Waals surface area contributed by atoms with Crippen LogP contribution in [0.2, 0.25) is 0 Å². The number of carboxylic acids is 1. The van der Waals surface area contributed by atoms with Crippen LogP contribution < -0.4 is 10.2 Å². The molecule has 0 atom stereocenters. The molecule has 1 rings (SSSR count). The minimum atomic E-state index is -1.81. The molecule has 0 saturated heterocycles. The summed E-state index contributed by atoms with van der Waals surface area (Å²) in [5.41, 5.74) is 0. The number of nitrogens with one attached hydrogen (secondary N) is 1. The molecule has 0 fully saturated rings. The lowest BCUT2D eigenvalue weighted by molar-refractivity contribution is -0.135. The molecular weight excluding hydrogens is 381 g/mol.